The third-order valence-electron chi connectivity index (χ3n) is 5.11. The van der Waals surface area contributed by atoms with E-state index in [4.69, 9.17) is 21.1 Å². The van der Waals surface area contributed by atoms with Crippen molar-refractivity contribution in [2.24, 2.45) is 0 Å². The molecule has 2 N–H and O–H groups in total. The van der Waals surface area contributed by atoms with Crippen molar-refractivity contribution in [3.8, 4) is 11.3 Å². The van der Waals surface area contributed by atoms with Gasteiger partial charge in [0.15, 0.2) is 0 Å². The summed E-state index contributed by atoms with van der Waals surface area (Å²) in [7, 11) is 0. The standard InChI is InChI=1S/C24H17ClN2O6/c1-2-13-5-3-4-6-19(13)27-22(29)17(21(28)26-24(27)32)12-15-8-10-20(33-15)14-7-9-16(23(30)31)18(25)11-14/h3-12H,2H2,1H3,(H,30,31)(H,26,28,32)/b17-12+. The third kappa shape index (κ3) is 4.16. The van der Waals surface area contributed by atoms with E-state index in [2.05, 4.69) is 5.32 Å². The van der Waals surface area contributed by atoms with Gasteiger partial charge in [0.2, 0.25) is 0 Å². The summed E-state index contributed by atoms with van der Waals surface area (Å²) in [5.74, 6) is -2.20. The number of carboxylic acids is 1. The minimum absolute atomic E-state index is 0.0434. The van der Waals surface area contributed by atoms with Gasteiger partial charge in [-0.3, -0.25) is 14.9 Å². The van der Waals surface area contributed by atoms with Gasteiger partial charge in [0.25, 0.3) is 11.8 Å². The number of anilines is 1. The van der Waals surface area contributed by atoms with Gasteiger partial charge in [-0.1, -0.05) is 42.8 Å². The monoisotopic (exact) mass is 464 g/mol. The first-order valence-corrected chi connectivity index (χ1v) is 10.3. The van der Waals surface area contributed by atoms with Gasteiger partial charge in [0, 0.05) is 5.56 Å². The molecule has 1 saturated heterocycles. The number of urea groups is 1. The van der Waals surface area contributed by atoms with E-state index >= 15 is 0 Å². The van der Waals surface area contributed by atoms with Crippen molar-refractivity contribution in [3.63, 3.8) is 0 Å². The van der Waals surface area contributed by atoms with Gasteiger partial charge in [0.05, 0.1) is 16.3 Å². The second-order valence-corrected chi connectivity index (χ2v) is 7.55. The van der Waals surface area contributed by atoms with Crippen LogP contribution in [0.4, 0.5) is 10.5 Å². The zero-order valence-corrected chi connectivity index (χ0v) is 18.1. The Kier molecular flexibility index (Phi) is 5.85. The summed E-state index contributed by atoms with van der Waals surface area (Å²) in [6, 6.07) is 13.6. The molecular formula is C24H17ClN2O6. The number of nitrogens with one attached hydrogen (secondary N) is 1. The Morgan fingerprint density at radius 1 is 1.12 bits per heavy atom. The Morgan fingerprint density at radius 2 is 1.88 bits per heavy atom. The Labute approximate surface area is 193 Å². The number of carboxylic acid groups (broad SMARTS) is 1. The SMILES string of the molecule is CCc1ccccc1N1C(=O)NC(=O)/C(=C\c2ccc(-c3ccc(C(=O)O)c(Cl)c3)o2)C1=O. The zero-order chi connectivity index (χ0) is 23.7. The van der Waals surface area contributed by atoms with Gasteiger partial charge in [0.1, 0.15) is 17.1 Å². The topological polar surface area (TPSA) is 117 Å². The maximum atomic E-state index is 13.1. The highest BCUT2D eigenvalue weighted by Crippen LogP contribution is 2.29. The largest absolute Gasteiger partial charge is 0.478 e. The van der Waals surface area contributed by atoms with Crippen molar-refractivity contribution in [3.05, 3.63) is 82.1 Å². The molecule has 0 aliphatic carbocycles. The fourth-order valence-electron chi connectivity index (χ4n) is 3.47. The number of aryl methyl sites for hydroxylation is 1. The molecular weight excluding hydrogens is 448 g/mol. The highest BCUT2D eigenvalue weighted by molar-refractivity contribution is 6.39. The molecule has 1 fully saturated rings. The number of furan rings is 1. The first kappa shape index (κ1) is 22.0. The molecule has 3 aromatic rings. The van der Waals surface area contributed by atoms with E-state index < -0.39 is 23.8 Å². The first-order chi connectivity index (χ1) is 15.8. The molecule has 0 unspecified atom stereocenters. The van der Waals surface area contributed by atoms with Crippen LogP contribution in [-0.2, 0) is 16.0 Å². The summed E-state index contributed by atoms with van der Waals surface area (Å²) in [6.07, 6.45) is 1.84. The number of carbonyl (C=O) groups excluding carboxylic acids is 3. The van der Waals surface area contributed by atoms with Crippen LogP contribution in [0.1, 0.15) is 28.6 Å². The number of hydrogen-bond donors (Lipinski definition) is 2. The van der Waals surface area contributed by atoms with Crippen LogP contribution in [0.5, 0.6) is 0 Å². The molecule has 1 aliphatic heterocycles. The number of halogens is 1. The molecule has 0 spiro atoms. The van der Waals surface area contributed by atoms with Gasteiger partial charge in [-0.2, -0.15) is 0 Å². The van der Waals surface area contributed by atoms with Crippen LogP contribution in [0.2, 0.25) is 5.02 Å². The van der Waals surface area contributed by atoms with Crippen LogP contribution in [-0.4, -0.2) is 28.9 Å². The lowest BCUT2D eigenvalue weighted by molar-refractivity contribution is -0.122. The van der Waals surface area contributed by atoms with E-state index in [9.17, 15) is 19.2 Å². The zero-order valence-electron chi connectivity index (χ0n) is 17.3. The van der Waals surface area contributed by atoms with Gasteiger partial charge < -0.3 is 9.52 Å². The maximum Gasteiger partial charge on any atom is 0.337 e. The van der Waals surface area contributed by atoms with Crippen molar-refractivity contribution < 1.29 is 28.7 Å². The number of para-hydroxylation sites is 1. The second-order valence-electron chi connectivity index (χ2n) is 7.14. The fraction of sp³-hybridized carbons (Fsp3) is 0.0833. The molecule has 166 valence electrons. The maximum absolute atomic E-state index is 13.1. The first-order valence-electron chi connectivity index (χ1n) is 9.92. The number of hydrogen-bond acceptors (Lipinski definition) is 5. The van der Waals surface area contributed by atoms with Gasteiger partial charge in [-0.25, -0.2) is 14.5 Å². The molecule has 0 bridgehead atoms. The van der Waals surface area contributed by atoms with Crippen molar-refractivity contribution in [2.45, 2.75) is 13.3 Å². The number of barbiturate groups is 1. The fourth-order valence-corrected chi connectivity index (χ4v) is 3.74. The minimum Gasteiger partial charge on any atom is -0.478 e. The third-order valence-corrected chi connectivity index (χ3v) is 5.43. The predicted octanol–water partition coefficient (Wildman–Crippen LogP) is 4.53. The lowest BCUT2D eigenvalue weighted by atomic mass is 10.1. The van der Waals surface area contributed by atoms with E-state index in [1.165, 1.54) is 24.3 Å². The Balaban J connectivity index is 1.68. The smallest absolute Gasteiger partial charge is 0.337 e. The van der Waals surface area contributed by atoms with Crippen molar-refractivity contribution in [1.29, 1.82) is 0 Å². The van der Waals surface area contributed by atoms with Gasteiger partial charge >= 0.3 is 12.0 Å². The summed E-state index contributed by atoms with van der Waals surface area (Å²) in [6.45, 7) is 1.90. The normalized spacial score (nSPS) is 15.2. The minimum atomic E-state index is -1.15. The summed E-state index contributed by atoms with van der Waals surface area (Å²) < 4.78 is 5.72. The highest BCUT2D eigenvalue weighted by Gasteiger charge is 2.37. The molecule has 33 heavy (non-hydrogen) atoms. The molecule has 8 nitrogen and oxygen atoms in total. The van der Waals surface area contributed by atoms with E-state index in [-0.39, 0.29) is 21.9 Å². The van der Waals surface area contributed by atoms with Crippen LogP contribution < -0.4 is 10.2 Å². The molecule has 2 heterocycles. The number of benzene rings is 2. The van der Waals surface area contributed by atoms with Gasteiger partial charge in [-0.15, -0.1) is 0 Å². The summed E-state index contributed by atoms with van der Waals surface area (Å²) in [5.41, 5.74) is 1.38. The molecule has 1 aliphatic rings. The quantitative estimate of drug-likeness (QED) is 0.423. The molecule has 4 amide bonds. The molecule has 0 atom stereocenters. The number of rotatable bonds is 5. The van der Waals surface area contributed by atoms with E-state index in [0.717, 1.165) is 10.5 Å². The number of carbonyl (C=O) groups is 4. The van der Waals surface area contributed by atoms with Crippen LogP contribution >= 0.6 is 11.6 Å². The van der Waals surface area contributed by atoms with Crippen LogP contribution in [0.25, 0.3) is 17.4 Å². The summed E-state index contributed by atoms with van der Waals surface area (Å²) in [4.78, 5) is 50.0. The van der Waals surface area contributed by atoms with Crippen LogP contribution in [0.3, 0.4) is 0 Å². The number of aromatic carboxylic acids is 1. The lowest BCUT2D eigenvalue weighted by Gasteiger charge is -2.27. The molecule has 4 rings (SSSR count). The average Bonchev–Trinajstić information content (AvgIpc) is 3.25. The van der Waals surface area contributed by atoms with E-state index in [1.54, 1.807) is 36.4 Å². The van der Waals surface area contributed by atoms with Crippen LogP contribution in [0.15, 0.2) is 64.6 Å². The Bertz CT molecular complexity index is 1340. The predicted molar refractivity (Wildman–Crippen MR) is 121 cm³/mol. The highest BCUT2D eigenvalue weighted by atomic mass is 35.5. The van der Waals surface area contributed by atoms with Crippen molar-refractivity contribution >= 4 is 47.2 Å². The number of imide groups is 2. The molecule has 0 radical (unpaired) electrons. The van der Waals surface area contributed by atoms with E-state index in [1.807, 2.05) is 6.92 Å². The summed E-state index contributed by atoms with van der Waals surface area (Å²) >= 11 is 6.02. The average molecular weight is 465 g/mol. The van der Waals surface area contributed by atoms with Crippen molar-refractivity contribution in [1.82, 2.24) is 5.32 Å². The molecule has 9 heteroatoms. The molecule has 0 saturated carbocycles. The van der Waals surface area contributed by atoms with Crippen molar-refractivity contribution in [2.75, 3.05) is 4.90 Å². The Hall–Kier alpha value is -4.17. The van der Waals surface area contributed by atoms with Gasteiger partial charge in [-0.05, 0) is 48.4 Å². The summed E-state index contributed by atoms with van der Waals surface area (Å²) in [5, 5.41) is 11.3. The molecule has 2 aromatic carbocycles. The number of nitrogens with zero attached hydrogens (tertiary/aromatic N) is 1. The molecule has 1 aromatic heterocycles. The van der Waals surface area contributed by atoms with E-state index in [0.29, 0.717) is 23.4 Å². The Morgan fingerprint density at radius 3 is 2.58 bits per heavy atom. The van der Waals surface area contributed by atoms with Crippen LogP contribution in [0, 0.1) is 0 Å². The second kappa shape index (κ2) is 8.76. The number of amides is 4. The lowest BCUT2D eigenvalue weighted by Crippen LogP contribution is -2.54.